The third kappa shape index (κ3) is 4.97. The van der Waals surface area contributed by atoms with Crippen LogP contribution in [0.25, 0.3) is 11.1 Å². The Bertz CT molecular complexity index is 891. The zero-order valence-electron chi connectivity index (χ0n) is 18.5. The Balaban J connectivity index is 1.47. The Hall–Kier alpha value is -2.69. The Labute approximate surface area is 185 Å². The van der Waals surface area contributed by atoms with E-state index in [1.165, 1.54) is 25.7 Å². The summed E-state index contributed by atoms with van der Waals surface area (Å²) in [6.45, 7) is 3.76. The first kappa shape index (κ1) is 21.5. The van der Waals surface area contributed by atoms with Crippen molar-refractivity contribution in [1.82, 2.24) is 15.2 Å². The summed E-state index contributed by atoms with van der Waals surface area (Å²) in [6.07, 6.45) is 10.5. The van der Waals surface area contributed by atoms with Crippen LogP contribution in [0, 0.1) is 11.3 Å². The van der Waals surface area contributed by atoms with E-state index in [9.17, 15) is 9.59 Å². The van der Waals surface area contributed by atoms with Gasteiger partial charge in [-0.25, -0.2) is 0 Å². The van der Waals surface area contributed by atoms with Crippen molar-refractivity contribution in [2.24, 2.45) is 11.3 Å². The highest BCUT2D eigenvalue weighted by Crippen LogP contribution is 2.37. The molecule has 5 heteroatoms. The van der Waals surface area contributed by atoms with E-state index in [2.05, 4.69) is 34.6 Å². The maximum Gasteiger partial charge on any atom is 0.228 e. The number of aromatic nitrogens is 1. The van der Waals surface area contributed by atoms with Crippen molar-refractivity contribution in [3.05, 3.63) is 54.4 Å². The second-order valence-electron chi connectivity index (χ2n) is 9.18. The van der Waals surface area contributed by atoms with Crippen molar-refractivity contribution in [2.75, 3.05) is 19.6 Å². The van der Waals surface area contributed by atoms with Crippen LogP contribution in [0.5, 0.6) is 0 Å². The number of likely N-dealkylation sites (tertiary alicyclic amines) is 1. The third-order valence-corrected chi connectivity index (χ3v) is 6.95. The molecule has 1 atom stereocenters. The molecule has 1 aliphatic carbocycles. The van der Waals surface area contributed by atoms with E-state index >= 15 is 0 Å². The molecular weight excluding hydrogens is 386 g/mol. The summed E-state index contributed by atoms with van der Waals surface area (Å²) >= 11 is 0. The summed E-state index contributed by atoms with van der Waals surface area (Å²) in [5.41, 5.74) is 2.78. The molecule has 1 saturated carbocycles. The highest BCUT2D eigenvalue weighted by atomic mass is 16.2. The van der Waals surface area contributed by atoms with Gasteiger partial charge in [-0.1, -0.05) is 43.2 Å². The number of rotatable bonds is 7. The van der Waals surface area contributed by atoms with E-state index in [1.807, 2.05) is 30.2 Å². The van der Waals surface area contributed by atoms with E-state index in [0.717, 1.165) is 23.1 Å². The van der Waals surface area contributed by atoms with Crippen LogP contribution in [-0.4, -0.2) is 41.3 Å². The number of benzene rings is 1. The molecule has 1 aliphatic heterocycles. The van der Waals surface area contributed by atoms with Gasteiger partial charge < -0.3 is 10.2 Å². The number of hydrogen-bond donors (Lipinski definition) is 1. The van der Waals surface area contributed by atoms with Gasteiger partial charge in [0.05, 0.1) is 5.41 Å². The lowest BCUT2D eigenvalue weighted by molar-refractivity contribution is -0.133. The largest absolute Gasteiger partial charge is 0.356 e. The number of nitrogens with one attached hydrogen (secondary N) is 1. The van der Waals surface area contributed by atoms with Gasteiger partial charge in [-0.15, -0.1) is 0 Å². The monoisotopic (exact) mass is 419 g/mol. The van der Waals surface area contributed by atoms with Gasteiger partial charge in [0, 0.05) is 38.4 Å². The van der Waals surface area contributed by atoms with Crippen LogP contribution in [0.3, 0.4) is 0 Å². The zero-order valence-corrected chi connectivity index (χ0v) is 18.5. The molecule has 164 valence electrons. The number of amides is 2. The number of pyridine rings is 1. The van der Waals surface area contributed by atoms with Gasteiger partial charge in [-0.3, -0.25) is 14.6 Å². The second-order valence-corrected chi connectivity index (χ2v) is 9.18. The maximum atomic E-state index is 13.1. The van der Waals surface area contributed by atoms with E-state index in [4.69, 9.17) is 0 Å². The van der Waals surface area contributed by atoms with E-state index in [0.29, 0.717) is 38.4 Å². The molecule has 2 heterocycles. The van der Waals surface area contributed by atoms with Crippen molar-refractivity contribution in [1.29, 1.82) is 0 Å². The lowest BCUT2D eigenvalue weighted by Gasteiger charge is -2.28. The van der Waals surface area contributed by atoms with Crippen molar-refractivity contribution in [2.45, 2.75) is 51.9 Å². The summed E-state index contributed by atoms with van der Waals surface area (Å²) in [5.74, 6) is 0.833. The van der Waals surface area contributed by atoms with Crippen LogP contribution >= 0.6 is 0 Å². The van der Waals surface area contributed by atoms with Gasteiger partial charge in [-0.05, 0) is 61.3 Å². The highest BCUT2D eigenvalue weighted by molar-refractivity contribution is 5.85. The van der Waals surface area contributed by atoms with Crippen LogP contribution in [0.4, 0.5) is 0 Å². The molecule has 31 heavy (non-hydrogen) atoms. The molecular formula is C26H33N3O2. The molecule has 2 aliphatic rings. The van der Waals surface area contributed by atoms with E-state index < -0.39 is 5.41 Å². The summed E-state index contributed by atoms with van der Waals surface area (Å²) in [4.78, 5) is 32.2. The molecule has 0 radical (unpaired) electrons. The van der Waals surface area contributed by atoms with Crippen LogP contribution in [0.2, 0.25) is 0 Å². The lowest BCUT2D eigenvalue weighted by atomic mass is 9.79. The second kappa shape index (κ2) is 9.63. The Kier molecular flexibility index (Phi) is 6.69. The van der Waals surface area contributed by atoms with Crippen LogP contribution in [0.15, 0.2) is 48.8 Å². The van der Waals surface area contributed by atoms with Crippen LogP contribution < -0.4 is 5.32 Å². The quantitative estimate of drug-likeness (QED) is 0.731. The minimum Gasteiger partial charge on any atom is -0.356 e. The Morgan fingerprint density at radius 3 is 2.58 bits per heavy atom. The topological polar surface area (TPSA) is 62.3 Å². The molecule has 1 aromatic heterocycles. The average Bonchev–Trinajstić information content (AvgIpc) is 3.46. The first-order chi connectivity index (χ1) is 15.1. The van der Waals surface area contributed by atoms with E-state index in [-0.39, 0.29) is 11.8 Å². The first-order valence-corrected chi connectivity index (χ1v) is 11.6. The molecule has 0 bridgehead atoms. The Morgan fingerprint density at radius 2 is 1.90 bits per heavy atom. The molecule has 0 spiro atoms. The molecule has 2 aromatic rings. The highest BCUT2D eigenvalue weighted by Gasteiger charge is 2.45. The van der Waals surface area contributed by atoms with Crippen molar-refractivity contribution < 1.29 is 9.59 Å². The number of carbonyl (C=O) groups excluding carboxylic acids is 2. The number of nitrogens with zero attached hydrogens (tertiary/aromatic N) is 2. The summed E-state index contributed by atoms with van der Waals surface area (Å²) in [6, 6.07) is 12.4. The summed E-state index contributed by atoms with van der Waals surface area (Å²) in [7, 11) is 0. The average molecular weight is 420 g/mol. The van der Waals surface area contributed by atoms with Crippen LogP contribution in [-0.2, 0) is 16.0 Å². The van der Waals surface area contributed by atoms with Gasteiger partial charge in [-0.2, -0.15) is 0 Å². The van der Waals surface area contributed by atoms with Crippen molar-refractivity contribution in [3.8, 4) is 11.1 Å². The van der Waals surface area contributed by atoms with E-state index in [1.54, 1.807) is 6.20 Å². The third-order valence-electron chi connectivity index (χ3n) is 6.95. The van der Waals surface area contributed by atoms with Gasteiger partial charge in [0.25, 0.3) is 0 Å². The smallest absolute Gasteiger partial charge is 0.228 e. The molecule has 1 unspecified atom stereocenters. The molecule has 2 amide bonds. The normalized spacial score (nSPS) is 21.4. The lowest BCUT2D eigenvalue weighted by Crippen LogP contribution is -2.45. The molecule has 5 nitrogen and oxygen atoms in total. The van der Waals surface area contributed by atoms with Crippen LogP contribution in [0.1, 0.15) is 51.0 Å². The van der Waals surface area contributed by atoms with Gasteiger partial charge in [0.15, 0.2) is 0 Å². The predicted molar refractivity (Wildman–Crippen MR) is 122 cm³/mol. The van der Waals surface area contributed by atoms with Crippen molar-refractivity contribution >= 4 is 11.8 Å². The minimum absolute atomic E-state index is 0.0718. The fourth-order valence-corrected chi connectivity index (χ4v) is 5.17. The number of hydrogen-bond acceptors (Lipinski definition) is 3. The summed E-state index contributed by atoms with van der Waals surface area (Å²) in [5, 5.41) is 3.03. The molecule has 4 rings (SSSR count). The van der Waals surface area contributed by atoms with Gasteiger partial charge in [0.1, 0.15) is 0 Å². The van der Waals surface area contributed by atoms with Gasteiger partial charge in [0.2, 0.25) is 11.8 Å². The maximum absolute atomic E-state index is 13.1. The predicted octanol–water partition coefficient (Wildman–Crippen LogP) is 4.23. The summed E-state index contributed by atoms with van der Waals surface area (Å²) < 4.78 is 0. The molecule has 1 aromatic carbocycles. The SMILES string of the molecule is CCNC(=O)C1(Cc2ccc(-c3cccnc3)cc2)CCN(C(=O)CC2CCCC2)C1. The number of carbonyl (C=O) groups is 2. The minimum atomic E-state index is -0.544. The molecule has 2 fully saturated rings. The fourth-order valence-electron chi connectivity index (χ4n) is 5.17. The van der Waals surface area contributed by atoms with Crippen molar-refractivity contribution in [3.63, 3.8) is 0 Å². The Morgan fingerprint density at radius 1 is 1.13 bits per heavy atom. The first-order valence-electron chi connectivity index (χ1n) is 11.6. The van der Waals surface area contributed by atoms with Gasteiger partial charge >= 0.3 is 0 Å². The molecule has 1 saturated heterocycles. The zero-order chi connectivity index (χ0) is 21.7. The standard InChI is InChI=1S/C26H33N3O2/c1-2-28-25(31)26(13-15-29(19-26)24(30)16-20-6-3-4-7-20)17-21-9-11-22(12-10-21)23-8-5-14-27-18-23/h5,8-12,14,18,20H,2-4,6-7,13,15-17,19H2,1H3,(H,28,31). The fraction of sp³-hybridized carbons (Fsp3) is 0.500. The molecule has 1 N–H and O–H groups in total.